The smallest absolute Gasteiger partial charge is 0.345 e. The maximum atomic E-state index is 10.1. The molecule has 0 atom stereocenters. The van der Waals surface area contributed by atoms with Crippen molar-refractivity contribution in [2.75, 3.05) is 13.2 Å². The average molecular weight is 258 g/mol. The molecule has 0 aliphatic heterocycles. The zero-order chi connectivity index (χ0) is 12.9. The number of unbranched alkanes of at least 4 members (excludes halogenated alkanes) is 2. The largest absolute Gasteiger partial charge is 0.477 e. The summed E-state index contributed by atoms with van der Waals surface area (Å²) < 4.78 is 5.31. The molecule has 0 saturated carbocycles. The monoisotopic (exact) mass is 258 g/mol. The Morgan fingerprint density at radius 2 is 1.88 bits per heavy atom. The Balaban J connectivity index is 0.000000302. The number of rotatable bonds is 7. The first kappa shape index (κ1) is 16.1. The van der Waals surface area contributed by atoms with Crippen LogP contribution in [0.4, 0.5) is 0 Å². The summed E-state index contributed by atoms with van der Waals surface area (Å²) in [7, 11) is 0. The lowest BCUT2D eigenvalue weighted by atomic mass is 10.3. The molecule has 0 spiro atoms. The van der Waals surface area contributed by atoms with Crippen LogP contribution in [-0.4, -0.2) is 24.3 Å². The molecule has 1 aromatic heterocycles. The van der Waals surface area contributed by atoms with Crippen LogP contribution in [-0.2, 0) is 4.74 Å². The highest BCUT2D eigenvalue weighted by atomic mass is 32.1. The molecule has 0 aromatic carbocycles. The molecule has 1 aromatic rings. The van der Waals surface area contributed by atoms with E-state index in [2.05, 4.69) is 13.8 Å². The second-order valence-electron chi connectivity index (χ2n) is 3.60. The highest BCUT2D eigenvalue weighted by Gasteiger charge is 1.99. The van der Waals surface area contributed by atoms with Gasteiger partial charge >= 0.3 is 5.97 Å². The quantitative estimate of drug-likeness (QED) is 0.750. The molecule has 98 valence electrons. The molecule has 0 aliphatic rings. The summed E-state index contributed by atoms with van der Waals surface area (Å²) >= 11 is 1.23. The maximum Gasteiger partial charge on any atom is 0.345 e. The number of aromatic carboxylic acids is 1. The Morgan fingerprint density at radius 3 is 2.18 bits per heavy atom. The van der Waals surface area contributed by atoms with Crippen LogP contribution in [0.2, 0.25) is 0 Å². The van der Waals surface area contributed by atoms with Crippen molar-refractivity contribution in [2.24, 2.45) is 0 Å². The second kappa shape index (κ2) is 11.6. The fraction of sp³-hybridized carbons (Fsp3) is 0.615. The SMILES string of the molecule is CCCCOCCCC.O=C(O)c1cccs1. The Labute approximate surface area is 107 Å². The Bertz CT molecular complexity index is 264. The van der Waals surface area contributed by atoms with E-state index in [0.29, 0.717) is 4.88 Å². The molecule has 1 rings (SSSR count). The van der Waals surface area contributed by atoms with E-state index in [1.54, 1.807) is 17.5 Å². The molecule has 0 radical (unpaired) electrons. The van der Waals surface area contributed by atoms with E-state index in [4.69, 9.17) is 9.84 Å². The maximum absolute atomic E-state index is 10.1. The number of ether oxygens (including phenoxy) is 1. The van der Waals surface area contributed by atoms with Crippen LogP contribution in [0.1, 0.15) is 49.2 Å². The Morgan fingerprint density at radius 1 is 1.29 bits per heavy atom. The van der Waals surface area contributed by atoms with Gasteiger partial charge in [-0.25, -0.2) is 4.79 Å². The van der Waals surface area contributed by atoms with Crippen molar-refractivity contribution in [3.63, 3.8) is 0 Å². The van der Waals surface area contributed by atoms with Crippen LogP contribution in [0.25, 0.3) is 0 Å². The van der Waals surface area contributed by atoms with Gasteiger partial charge in [0, 0.05) is 13.2 Å². The summed E-state index contributed by atoms with van der Waals surface area (Å²) in [6.07, 6.45) is 4.91. The van der Waals surface area contributed by atoms with E-state index in [1.165, 1.54) is 37.0 Å². The van der Waals surface area contributed by atoms with Crippen molar-refractivity contribution in [3.05, 3.63) is 22.4 Å². The van der Waals surface area contributed by atoms with Gasteiger partial charge in [0.15, 0.2) is 0 Å². The summed E-state index contributed by atoms with van der Waals surface area (Å²) in [5.41, 5.74) is 0. The van der Waals surface area contributed by atoms with Gasteiger partial charge in [0.05, 0.1) is 0 Å². The first-order valence-electron chi connectivity index (χ1n) is 6.06. The summed E-state index contributed by atoms with van der Waals surface area (Å²) in [6, 6.07) is 3.29. The van der Waals surface area contributed by atoms with Gasteiger partial charge < -0.3 is 9.84 Å². The minimum absolute atomic E-state index is 0.394. The topological polar surface area (TPSA) is 46.5 Å². The van der Waals surface area contributed by atoms with Gasteiger partial charge in [-0.05, 0) is 24.3 Å². The lowest BCUT2D eigenvalue weighted by Crippen LogP contribution is -1.95. The highest BCUT2D eigenvalue weighted by molar-refractivity contribution is 7.11. The van der Waals surface area contributed by atoms with Gasteiger partial charge in [-0.2, -0.15) is 0 Å². The predicted octanol–water partition coefficient (Wildman–Crippen LogP) is 4.05. The molecule has 0 fully saturated rings. The Hall–Kier alpha value is -0.870. The lowest BCUT2D eigenvalue weighted by Gasteiger charge is -1.99. The average Bonchev–Trinajstić information content (AvgIpc) is 2.83. The van der Waals surface area contributed by atoms with Gasteiger partial charge in [-0.15, -0.1) is 11.3 Å². The third kappa shape index (κ3) is 10.0. The van der Waals surface area contributed by atoms with E-state index >= 15 is 0 Å². The van der Waals surface area contributed by atoms with Crippen molar-refractivity contribution in [1.29, 1.82) is 0 Å². The van der Waals surface area contributed by atoms with Gasteiger partial charge in [-0.1, -0.05) is 32.8 Å². The first-order valence-corrected chi connectivity index (χ1v) is 6.94. The highest BCUT2D eigenvalue weighted by Crippen LogP contribution is 2.06. The fourth-order valence-corrected chi connectivity index (χ4v) is 1.56. The van der Waals surface area contributed by atoms with Crippen LogP contribution < -0.4 is 0 Å². The van der Waals surface area contributed by atoms with Crippen LogP contribution >= 0.6 is 11.3 Å². The van der Waals surface area contributed by atoms with E-state index in [1.807, 2.05) is 0 Å². The molecule has 1 N–H and O–H groups in total. The molecular formula is C13H22O3S. The van der Waals surface area contributed by atoms with Crippen LogP contribution in [0.5, 0.6) is 0 Å². The molecule has 17 heavy (non-hydrogen) atoms. The summed E-state index contributed by atoms with van der Waals surface area (Å²) in [5, 5.41) is 10.0. The number of thiophene rings is 1. The van der Waals surface area contributed by atoms with E-state index in [-0.39, 0.29) is 0 Å². The number of hydrogen-bond acceptors (Lipinski definition) is 3. The summed E-state index contributed by atoms with van der Waals surface area (Å²) in [5.74, 6) is -0.847. The normalized spacial score (nSPS) is 9.53. The van der Waals surface area contributed by atoms with Gasteiger partial charge in [0.2, 0.25) is 0 Å². The zero-order valence-corrected chi connectivity index (χ0v) is 11.5. The van der Waals surface area contributed by atoms with Crippen molar-refractivity contribution in [3.8, 4) is 0 Å². The van der Waals surface area contributed by atoms with Crippen LogP contribution in [0.15, 0.2) is 17.5 Å². The third-order valence-corrected chi connectivity index (χ3v) is 2.87. The molecule has 0 aliphatic carbocycles. The lowest BCUT2D eigenvalue weighted by molar-refractivity contribution is 0.0702. The number of carbonyl (C=O) groups is 1. The second-order valence-corrected chi connectivity index (χ2v) is 4.55. The predicted molar refractivity (Wildman–Crippen MR) is 71.9 cm³/mol. The van der Waals surface area contributed by atoms with Crippen LogP contribution in [0, 0.1) is 0 Å². The van der Waals surface area contributed by atoms with Crippen molar-refractivity contribution in [2.45, 2.75) is 39.5 Å². The van der Waals surface area contributed by atoms with E-state index in [0.717, 1.165) is 13.2 Å². The molecule has 1 heterocycles. The minimum Gasteiger partial charge on any atom is -0.477 e. The van der Waals surface area contributed by atoms with Crippen molar-refractivity contribution < 1.29 is 14.6 Å². The molecule has 3 nitrogen and oxygen atoms in total. The van der Waals surface area contributed by atoms with Crippen LogP contribution in [0.3, 0.4) is 0 Å². The molecule has 4 heteroatoms. The zero-order valence-electron chi connectivity index (χ0n) is 10.6. The summed E-state index contributed by atoms with van der Waals surface area (Å²) in [4.78, 5) is 10.5. The molecule has 0 saturated heterocycles. The van der Waals surface area contributed by atoms with Gasteiger partial charge in [0.25, 0.3) is 0 Å². The fourth-order valence-electron chi connectivity index (χ4n) is 0.995. The minimum atomic E-state index is -0.847. The van der Waals surface area contributed by atoms with Gasteiger partial charge in [0.1, 0.15) is 4.88 Å². The molecule has 0 unspecified atom stereocenters. The number of carboxylic acids is 1. The van der Waals surface area contributed by atoms with Crippen molar-refractivity contribution >= 4 is 17.3 Å². The molecule has 0 bridgehead atoms. The Kier molecular flexibility index (Phi) is 11.0. The first-order chi connectivity index (χ1) is 8.22. The molecule has 0 amide bonds. The molecular weight excluding hydrogens is 236 g/mol. The number of hydrogen-bond donors (Lipinski definition) is 1. The van der Waals surface area contributed by atoms with Crippen molar-refractivity contribution in [1.82, 2.24) is 0 Å². The number of carboxylic acid groups (broad SMARTS) is 1. The summed E-state index contributed by atoms with van der Waals surface area (Å²) in [6.45, 7) is 6.28. The van der Waals surface area contributed by atoms with Gasteiger partial charge in [-0.3, -0.25) is 0 Å². The standard InChI is InChI=1S/C8H18O.C5H4O2S/c1-3-5-7-9-8-6-4-2;6-5(7)4-2-1-3-8-4/h3-8H2,1-2H3;1-3H,(H,6,7). The third-order valence-electron chi connectivity index (χ3n) is 2.02. The van der Waals surface area contributed by atoms with E-state index < -0.39 is 5.97 Å². The van der Waals surface area contributed by atoms with E-state index in [9.17, 15) is 4.79 Å².